The van der Waals surface area contributed by atoms with E-state index in [-0.39, 0.29) is 18.2 Å². The standard InChI is InChI=1S/C17H20N2O5/c1-19(2)17(22)14-9-8-13(24-14)10-18-16(21)15(20)11-4-6-12(23-3)7-5-11/h4-9,15,20H,10H2,1-3H3,(H,18,21)/t15-/m1/s1. The van der Waals surface area contributed by atoms with Crippen molar-refractivity contribution in [3.63, 3.8) is 0 Å². The van der Waals surface area contributed by atoms with Crippen LogP contribution in [-0.2, 0) is 11.3 Å². The number of aliphatic hydroxyl groups is 1. The molecule has 1 atom stereocenters. The maximum atomic E-state index is 12.0. The minimum Gasteiger partial charge on any atom is -0.497 e. The van der Waals surface area contributed by atoms with Gasteiger partial charge in [-0.05, 0) is 29.8 Å². The Balaban J connectivity index is 1.93. The number of aliphatic hydroxyl groups excluding tert-OH is 1. The first-order valence-electron chi connectivity index (χ1n) is 7.32. The average molecular weight is 332 g/mol. The van der Waals surface area contributed by atoms with Crippen LogP contribution in [0.2, 0.25) is 0 Å². The lowest BCUT2D eigenvalue weighted by atomic mass is 10.1. The number of methoxy groups -OCH3 is 1. The maximum Gasteiger partial charge on any atom is 0.289 e. The highest BCUT2D eigenvalue weighted by Gasteiger charge is 2.18. The molecule has 7 heteroatoms. The molecular weight excluding hydrogens is 312 g/mol. The number of nitrogens with one attached hydrogen (secondary N) is 1. The molecule has 24 heavy (non-hydrogen) atoms. The van der Waals surface area contributed by atoms with Crippen LogP contribution in [0.15, 0.2) is 40.8 Å². The van der Waals surface area contributed by atoms with Gasteiger partial charge in [0.1, 0.15) is 11.5 Å². The van der Waals surface area contributed by atoms with E-state index in [9.17, 15) is 14.7 Å². The molecule has 0 aliphatic heterocycles. The number of benzene rings is 1. The summed E-state index contributed by atoms with van der Waals surface area (Å²) in [6.45, 7) is 0.0761. The molecule has 0 fully saturated rings. The fourth-order valence-electron chi connectivity index (χ4n) is 2.02. The smallest absolute Gasteiger partial charge is 0.289 e. The van der Waals surface area contributed by atoms with Crippen molar-refractivity contribution in [1.29, 1.82) is 0 Å². The Morgan fingerprint density at radius 1 is 1.21 bits per heavy atom. The topological polar surface area (TPSA) is 92.0 Å². The van der Waals surface area contributed by atoms with Gasteiger partial charge in [-0.3, -0.25) is 9.59 Å². The first kappa shape index (κ1) is 17.6. The summed E-state index contributed by atoms with van der Waals surface area (Å²) in [5.74, 6) is 0.443. The molecule has 1 heterocycles. The second-order valence-corrected chi connectivity index (χ2v) is 5.36. The van der Waals surface area contributed by atoms with Gasteiger partial charge in [0.15, 0.2) is 11.9 Å². The van der Waals surface area contributed by atoms with Crippen LogP contribution in [-0.4, -0.2) is 43.0 Å². The van der Waals surface area contributed by atoms with Gasteiger partial charge in [0, 0.05) is 14.1 Å². The number of rotatable bonds is 6. The fraction of sp³-hybridized carbons (Fsp3) is 0.294. The van der Waals surface area contributed by atoms with E-state index in [1.807, 2.05) is 0 Å². The van der Waals surface area contributed by atoms with E-state index < -0.39 is 12.0 Å². The molecule has 0 unspecified atom stereocenters. The van der Waals surface area contributed by atoms with Crippen LogP contribution in [0.4, 0.5) is 0 Å². The fourth-order valence-corrected chi connectivity index (χ4v) is 2.02. The molecule has 0 saturated carbocycles. The highest BCUT2D eigenvalue weighted by atomic mass is 16.5. The van der Waals surface area contributed by atoms with Crippen molar-refractivity contribution in [2.75, 3.05) is 21.2 Å². The van der Waals surface area contributed by atoms with Gasteiger partial charge in [0.25, 0.3) is 11.8 Å². The van der Waals surface area contributed by atoms with Crippen molar-refractivity contribution in [1.82, 2.24) is 10.2 Å². The lowest BCUT2D eigenvalue weighted by Crippen LogP contribution is -2.28. The van der Waals surface area contributed by atoms with Crippen molar-refractivity contribution >= 4 is 11.8 Å². The van der Waals surface area contributed by atoms with Gasteiger partial charge < -0.3 is 24.5 Å². The predicted molar refractivity (Wildman–Crippen MR) is 86.5 cm³/mol. The summed E-state index contributed by atoms with van der Waals surface area (Å²) in [6, 6.07) is 9.71. The zero-order valence-corrected chi connectivity index (χ0v) is 13.8. The third kappa shape index (κ3) is 4.14. The van der Waals surface area contributed by atoms with Gasteiger partial charge in [-0.25, -0.2) is 0 Å². The summed E-state index contributed by atoms with van der Waals surface area (Å²) in [5.41, 5.74) is 0.455. The first-order valence-corrected chi connectivity index (χ1v) is 7.32. The van der Waals surface area contributed by atoms with E-state index in [0.717, 1.165) is 0 Å². The zero-order chi connectivity index (χ0) is 17.7. The molecule has 0 spiro atoms. The average Bonchev–Trinajstić information content (AvgIpc) is 3.07. The van der Waals surface area contributed by atoms with Crippen LogP contribution in [0.5, 0.6) is 5.75 Å². The number of hydrogen-bond donors (Lipinski definition) is 2. The first-order chi connectivity index (χ1) is 11.4. The number of carbonyl (C=O) groups is 2. The van der Waals surface area contributed by atoms with Gasteiger partial charge in [-0.15, -0.1) is 0 Å². The molecule has 1 aromatic heterocycles. The zero-order valence-electron chi connectivity index (χ0n) is 13.8. The third-order valence-electron chi connectivity index (χ3n) is 3.40. The van der Waals surface area contributed by atoms with Crippen molar-refractivity contribution < 1.29 is 23.8 Å². The van der Waals surface area contributed by atoms with E-state index in [0.29, 0.717) is 17.1 Å². The lowest BCUT2D eigenvalue weighted by Gasteiger charge is -2.11. The van der Waals surface area contributed by atoms with Crippen molar-refractivity contribution in [2.45, 2.75) is 12.6 Å². The number of nitrogens with zero attached hydrogens (tertiary/aromatic N) is 1. The molecule has 0 bridgehead atoms. The monoisotopic (exact) mass is 332 g/mol. The maximum absolute atomic E-state index is 12.0. The molecule has 0 saturated heterocycles. The van der Waals surface area contributed by atoms with Crippen LogP contribution in [0, 0.1) is 0 Å². The summed E-state index contributed by atoms with van der Waals surface area (Å²) >= 11 is 0. The summed E-state index contributed by atoms with van der Waals surface area (Å²) < 4.78 is 10.4. The molecule has 1 aromatic carbocycles. The van der Waals surface area contributed by atoms with Crippen LogP contribution in [0.1, 0.15) is 28.0 Å². The van der Waals surface area contributed by atoms with Crippen LogP contribution < -0.4 is 10.1 Å². The molecule has 2 rings (SSSR count). The Morgan fingerprint density at radius 2 is 1.88 bits per heavy atom. The number of hydrogen-bond acceptors (Lipinski definition) is 5. The second-order valence-electron chi connectivity index (χ2n) is 5.36. The summed E-state index contributed by atoms with van der Waals surface area (Å²) in [5, 5.41) is 12.6. The largest absolute Gasteiger partial charge is 0.497 e. The summed E-state index contributed by atoms with van der Waals surface area (Å²) in [4.78, 5) is 25.1. The van der Waals surface area contributed by atoms with Gasteiger partial charge in [0.2, 0.25) is 0 Å². The Morgan fingerprint density at radius 3 is 2.46 bits per heavy atom. The number of ether oxygens (including phenoxy) is 1. The molecule has 0 radical (unpaired) electrons. The van der Waals surface area contributed by atoms with Crippen LogP contribution in [0.3, 0.4) is 0 Å². The quantitative estimate of drug-likeness (QED) is 0.833. The molecule has 0 aliphatic rings. The second kappa shape index (κ2) is 7.65. The molecule has 0 aliphatic carbocycles. The Hall–Kier alpha value is -2.80. The van der Waals surface area contributed by atoms with Gasteiger partial charge >= 0.3 is 0 Å². The Kier molecular flexibility index (Phi) is 5.59. The van der Waals surface area contributed by atoms with Crippen molar-refractivity contribution in [2.24, 2.45) is 0 Å². The lowest BCUT2D eigenvalue weighted by molar-refractivity contribution is -0.129. The minimum absolute atomic E-state index is 0.0761. The van der Waals surface area contributed by atoms with Crippen LogP contribution >= 0.6 is 0 Å². The van der Waals surface area contributed by atoms with Crippen molar-refractivity contribution in [3.8, 4) is 5.75 Å². The van der Waals surface area contributed by atoms with Gasteiger partial charge in [-0.2, -0.15) is 0 Å². The predicted octanol–water partition coefficient (Wildman–Crippen LogP) is 1.34. The Labute approximate surface area is 139 Å². The van der Waals surface area contributed by atoms with E-state index in [4.69, 9.17) is 9.15 Å². The van der Waals surface area contributed by atoms with E-state index >= 15 is 0 Å². The molecule has 2 N–H and O–H groups in total. The molecule has 2 amide bonds. The van der Waals surface area contributed by atoms with Crippen molar-refractivity contribution in [3.05, 3.63) is 53.5 Å². The molecular formula is C17H20N2O5. The highest BCUT2D eigenvalue weighted by molar-refractivity contribution is 5.91. The van der Waals surface area contributed by atoms with Gasteiger partial charge in [-0.1, -0.05) is 12.1 Å². The Bertz CT molecular complexity index is 706. The molecule has 2 aromatic rings. The van der Waals surface area contributed by atoms with Gasteiger partial charge in [0.05, 0.1) is 13.7 Å². The minimum atomic E-state index is -1.30. The summed E-state index contributed by atoms with van der Waals surface area (Å²) in [7, 11) is 4.78. The third-order valence-corrected chi connectivity index (χ3v) is 3.40. The number of furan rings is 1. The van der Waals surface area contributed by atoms with Crippen LogP contribution in [0.25, 0.3) is 0 Å². The van der Waals surface area contributed by atoms with E-state index in [1.54, 1.807) is 50.5 Å². The number of carbonyl (C=O) groups excluding carboxylic acids is 2. The molecule has 7 nitrogen and oxygen atoms in total. The SMILES string of the molecule is COc1ccc([C@@H](O)C(=O)NCc2ccc(C(=O)N(C)C)o2)cc1. The summed E-state index contributed by atoms with van der Waals surface area (Å²) in [6.07, 6.45) is -1.30. The van der Waals surface area contributed by atoms with E-state index in [1.165, 1.54) is 12.0 Å². The highest BCUT2D eigenvalue weighted by Crippen LogP contribution is 2.18. The molecule has 128 valence electrons. The number of amides is 2. The normalized spacial score (nSPS) is 11.7. The van der Waals surface area contributed by atoms with E-state index in [2.05, 4.69) is 5.32 Å².